The van der Waals surface area contributed by atoms with Gasteiger partial charge in [-0.05, 0) is 42.2 Å². The molecule has 1 spiro atoms. The molecule has 1 unspecified atom stereocenters. The highest BCUT2D eigenvalue weighted by molar-refractivity contribution is 6.06. The number of carbonyl (C=O) groups excluding carboxylic acids is 3. The van der Waals surface area contributed by atoms with Crippen molar-refractivity contribution in [1.29, 1.82) is 0 Å². The summed E-state index contributed by atoms with van der Waals surface area (Å²) in [5.74, 6) is -2.66. The highest BCUT2D eigenvalue weighted by atomic mass is 16.6. The molecule has 37 heavy (non-hydrogen) atoms. The molecule has 2 fully saturated rings. The van der Waals surface area contributed by atoms with Crippen LogP contribution in [0.4, 0.5) is 5.69 Å². The van der Waals surface area contributed by atoms with Crippen LogP contribution in [0.3, 0.4) is 0 Å². The van der Waals surface area contributed by atoms with Gasteiger partial charge in [0.1, 0.15) is 17.6 Å². The largest absolute Gasteiger partial charge is 0.465 e. The number of unbranched alkanes of at least 4 members (excludes halogenated alkanes) is 1. The first kappa shape index (κ1) is 23.9. The minimum atomic E-state index is -1.28. The van der Waals surface area contributed by atoms with Gasteiger partial charge in [0.2, 0.25) is 5.91 Å². The van der Waals surface area contributed by atoms with Crippen LogP contribution >= 0.6 is 0 Å². The normalized spacial score (nSPS) is 31.0. The third-order valence-electron chi connectivity index (χ3n) is 7.97. The number of likely N-dealkylation sites (tertiary alicyclic amines) is 1. The molecule has 6 rings (SSSR count). The molecular formula is C29H30N2O6. The number of hydrogen-bond donors (Lipinski definition) is 1. The summed E-state index contributed by atoms with van der Waals surface area (Å²) in [7, 11) is 0. The Labute approximate surface area is 215 Å². The molecule has 4 aliphatic rings. The van der Waals surface area contributed by atoms with Crippen LogP contribution in [-0.2, 0) is 23.9 Å². The van der Waals surface area contributed by atoms with E-state index in [9.17, 15) is 19.5 Å². The lowest BCUT2D eigenvalue weighted by molar-refractivity contribution is -0.154. The molecular weight excluding hydrogens is 472 g/mol. The van der Waals surface area contributed by atoms with Gasteiger partial charge in [-0.15, -0.1) is 0 Å². The summed E-state index contributed by atoms with van der Waals surface area (Å²) < 4.78 is 12.0. The third-order valence-corrected chi connectivity index (χ3v) is 7.97. The van der Waals surface area contributed by atoms with Crippen LogP contribution in [0.15, 0.2) is 66.8 Å². The fourth-order valence-corrected chi connectivity index (χ4v) is 6.32. The second-order valence-electron chi connectivity index (χ2n) is 10.1. The van der Waals surface area contributed by atoms with Gasteiger partial charge < -0.3 is 24.4 Å². The molecule has 4 heterocycles. The molecule has 2 saturated heterocycles. The summed E-state index contributed by atoms with van der Waals surface area (Å²) in [4.78, 5) is 44.7. The maximum absolute atomic E-state index is 14.3. The molecule has 1 N–H and O–H groups in total. The zero-order chi connectivity index (χ0) is 25.6. The second kappa shape index (κ2) is 9.43. The van der Waals surface area contributed by atoms with Crippen molar-refractivity contribution in [2.45, 2.75) is 37.0 Å². The van der Waals surface area contributed by atoms with Gasteiger partial charge in [-0.3, -0.25) is 14.4 Å². The van der Waals surface area contributed by atoms with Gasteiger partial charge in [-0.2, -0.15) is 0 Å². The highest BCUT2D eigenvalue weighted by Gasteiger charge is 2.71. The Hall–Kier alpha value is -3.49. The van der Waals surface area contributed by atoms with E-state index in [1.165, 1.54) is 0 Å². The van der Waals surface area contributed by atoms with Gasteiger partial charge in [-0.1, -0.05) is 54.6 Å². The molecule has 8 nitrogen and oxygen atoms in total. The quantitative estimate of drug-likeness (QED) is 0.384. The van der Waals surface area contributed by atoms with Crippen LogP contribution in [0, 0.1) is 11.8 Å². The van der Waals surface area contributed by atoms with Crippen molar-refractivity contribution in [1.82, 2.24) is 4.90 Å². The lowest BCUT2D eigenvalue weighted by Gasteiger charge is -2.35. The number of cyclic esters (lactones) is 1. The van der Waals surface area contributed by atoms with Crippen molar-refractivity contribution >= 4 is 34.2 Å². The predicted molar refractivity (Wildman–Crippen MR) is 137 cm³/mol. The van der Waals surface area contributed by atoms with Crippen molar-refractivity contribution in [2.24, 2.45) is 11.8 Å². The second-order valence-corrected chi connectivity index (χ2v) is 10.1. The van der Waals surface area contributed by atoms with Gasteiger partial charge in [0.15, 0.2) is 0 Å². The summed E-state index contributed by atoms with van der Waals surface area (Å²) in [5.41, 5.74) is -0.540. The summed E-state index contributed by atoms with van der Waals surface area (Å²) >= 11 is 0. The van der Waals surface area contributed by atoms with Gasteiger partial charge in [0.25, 0.3) is 5.91 Å². The van der Waals surface area contributed by atoms with Crippen LogP contribution in [0.25, 0.3) is 10.8 Å². The number of carbonyl (C=O) groups is 3. The standard InChI is InChI=1S/C29H30N2O6/c32-16-5-4-14-31-25-27(34)30(21-12-11-19-8-1-2-9-20(19)18-21)15-7-13-29(25)24(26(31)33)23-22(37-29)10-3-6-17-36-28(23)35/h1-3,7-13,18,22-25,32H,4-6,14-17H2/t22-,23+,24+,25?,29+/m1/s1. The Morgan fingerprint density at radius 1 is 1.00 bits per heavy atom. The van der Waals surface area contributed by atoms with Gasteiger partial charge in [-0.25, -0.2) is 0 Å². The van der Waals surface area contributed by atoms with E-state index in [-0.39, 0.29) is 25.0 Å². The van der Waals surface area contributed by atoms with Gasteiger partial charge in [0, 0.05) is 25.4 Å². The van der Waals surface area contributed by atoms with Gasteiger partial charge in [0.05, 0.1) is 18.6 Å². The molecule has 2 aromatic carbocycles. The van der Waals surface area contributed by atoms with E-state index in [0.29, 0.717) is 32.4 Å². The third kappa shape index (κ3) is 3.78. The smallest absolute Gasteiger partial charge is 0.312 e. The number of esters is 1. The lowest BCUT2D eigenvalue weighted by atomic mass is 9.77. The summed E-state index contributed by atoms with van der Waals surface area (Å²) in [6.07, 6.45) is 8.42. The topological polar surface area (TPSA) is 96.4 Å². The number of fused-ring (bicyclic) bond motifs is 3. The number of rotatable bonds is 5. The van der Waals surface area contributed by atoms with E-state index in [1.54, 1.807) is 9.80 Å². The van der Waals surface area contributed by atoms with E-state index in [2.05, 4.69) is 0 Å². The Morgan fingerprint density at radius 2 is 1.84 bits per heavy atom. The first-order valence-electron chi connectivity index (χ1n) is 13.0. The molecule has 0 aliphatic carbocycles. The molecule has 4 aliphatic heterocycles. The van der Waals surface area contributed by atoms with Crippen molar-refractivity contribution < 1.29 is 29.0 Å². The molecule has 0 radical (unpaired) electrons. The van der Waals surface area contributed by atoms with Crippen LogP contribution in [0.1, 0.15) is 19.3 Å². The molecule has 2 aromatic rings. The number of benzene rings is 2. The van der Waals surface area contributed by atoms with Crippen molar-refractivity contribution in [3.63, 3.8) is 0 Å². The molecule has 0 bridgehead atoms. The number of anilines is 1. The van der Waals surface area contributed by atoms with Gasteiger partial charge >= 0.3 is 5.97 Å². The monoisotopic (exact) mass is 502 g/mol. The summed E-state index contributed by atoms with van der Waals surface area (Å²) in [6, 6.07) is 12.9. The number of aliphatic hydroxyl groups excluding tert-OH is 1. The van der Waals surface area contributed by atoms with E-state index < -0.39 is 35.6 Å². The molecule has 5 atom stereocenters. The average molecular weight is 503 g/mol. The fraction of sp³-hybridized carbons (Fsp3) is 0.414. The Bertz CT molecular complexity index is 1300. The van der Waals surface area contributed by atoms with E-state index in [4.69, 9.17) is 9.47 Å². The minimum Gasteiger partial charge on any atom is -0.465 e. The van der Waals surface area contributed by atoms with Crippen molar-refractivity contribution in [2.75, 3.05) is 31.2 Å². The van der Waals surface area contributed by atoms with E-state index in [1.807, 2.05) is 66.8 Å². The van der Waals surface area contributed by atoms with E-state index >= 15 is 0 Å². The van der Waals surface area contributed by atoms with Crippen molar-refractivity contribution in [3.8, 4) is 0 Å². The average Bonchev–Trinajstić information content (AvgIpc) is 3.27. The first-order chi connectivity index (χ1) is 18.0. The fourth-order valence-electron chi connectivity index (χ4n) is 6.32. The molecule has 2 amide bonds. The SMILES string of the molecule is O=C1OCCC=C[C@H]2O[C@]34C=CCN(c5ccc6ccccc6c5)C(=O)C3N(CCCCO)C(=O)[C@@H]4[C@@H]12. The molecule has 8 heteroatoms. The minimum absolute atomic E-state index is 0.00332. The van der Waals surface area contributed by atoms with E-state index in [0.717, 1.165) is 16.5 Å². The Kier molecular flexibility index (Phi) is 6.09. The zero-order valence-corrected chi connectivity index (χ0v) is 20.5. The number of ether oxygens (including phenoxy) is 2. The van der Waals surface area contributed by atoms with Crippen LogP contribution in [0.2, 0.25) is 0 Å². The lowest BCUT2D eigenvalue weighted by Crippen LogP contribution is -2.55. The molecule has 0 saturated carbocycles. The predicted octanol–water partition coefficient (Wildman–Crippen LogP) is 2.60. The first-order valence-corrected chi connectivity index (χ1v) is 13.0. The molecule has 0 aromatic heterocycles. The summed E-state index contributed by atoms with van der Waals surface area (Å²) in [5, 5.41) is 11.4. The van der Waals surface area contributed by atoms with Crippen molar-refractivity contribution in [3.05, 3.63) is 66.8 Å². The summed E-state index contributed by atoms with van der Waals surface area (Å²) in [6.45, 7) is 0.857. The highest BCUT2D eigenvalue weighted by Crippen LogP contribution is 2.53. The number of aliphatic hydroxyl groups is 1. The maximum Gasteiger partial charge on any atom is 0.312 e. The Morgan fingerprint density at radius 3 is 2.68 bits per heavy atom. The number of hydrogen-bond acceptors (Lipinski definition) is 6. The number of nitrogens with zero attached hydrogens (tertiary/aromatic N) is 2. The van der Waals surface area contributed by atoms with Crippen LogP contribution in [0.5, 0.6) is 0 Å². The molecule has 192 valence electrons. The Balaban J connectivity index is 1.43. The zero-order valence-electron chi connectivity index (χ0n) is 20.5. The van der Waals surface area contributed by atoms with Crippen LogP contribution < -0.4 is 4.90 Å². The maximum atomic E-state index is 14.3. The number of amides is 2. The van der Waals surface area contributed by atoms with Crippen LogP contribution in [-0.4, -0.2) is 71.8 Å².